The van der Waals surface area contributed by atoms with E-state index < -0.39 is 29.3 Å². The molecule has 0 aliphatic heterocycles. The van der Waals surface area contributed by atoms with E-state index in [2.05, 4.69) is 68.3 Å². The van der Waals surface area contributed by atoms with Crippen LogP contribution in [0.4, 0.5) is 3.50 Å². The second kappa shape index (κ2) is 9.42. The zero-order valence-electron chi connectivity index (χ0n) is 16.1. The molecule has 0 aromatic carbocycles. The van der Waals surface area contributed by atoms with Gasteiger partial charge in [-0.05, 0) is 0 Å². The molecule has 0 heterocycles. The average molecular weight is 466 g/mol. The quantitative estimate of drug-likeness (QED) is 0.433. The van der Waals surface area contributed by atoms with Crippen molar-refractivity contribution in [1.82, 2.24) is 8.53 Å². The number of hydrogen-bond acceptors (Lipinski definition) is 3. The monoisotopic (exact) mass is 466 g/mol. The molecule has 23 heavy (non-hydrogen) atoms. The van der Waals surface area contributed by atoms with E-state index in [1.54, 1.807) is 0 Å². The first kappa shape index (κ1) is 21.8. The maximum atomic E-state index is 15.6. The van der Waals surface area contributed by atoms with Crippen LogP contribution in [0.15, 0.2) is 21.5 Å². The normalized spacial score (nSPS) is 17.7. The van der Waals surface area contributed by atoms with Gasteiger partial charge in [0.25, 0.3) is 0 Å². The molecule has 135 valence electrons. The fourth-order valence-electron chi connectivity index (χ4n) is 5.04. The Morgan fingerprint density at radius 1 is 0.870 bits per heavy atom. The first-order valence-electron chi connectivity index (χ1n) is 9.40. The second-order valence-electron chi connectivity index (χ2n) is 6.26. The topological polar surface area (TPSA) is 9.72 Å². The number of nitrogens with zero attached hydrogens (tertiary/aromatic N) is 3. The van der Waals surface area contributed by atoms with Crippen molar-refractivity contribution in [2.45, 2.75) is 48.0 Å². The number of halogens is 1. The minimum atomic E-state index is -4.15. The molecular formula is C17H37FGeN3Zr. The van der Waals surface area contributed by atoms with Crippen LogP contribution in [0.1, 0.15) is 48.0 Å². The van der Waals surface area contributed by atoms with Gasteiger partial charge in [-0.15, -0.1) is 0 Å². The summed E-state index contributed by atoms with van der Waals surface area (Å²) >= 11 is -6.43. The summed E-state index contributed by atoms with van der Waals surface area (Å²) < 4.78 is 24.9. The van der Waals surface area contributed by atoms with Crippen molar-refractivity contribution in [3.63, 3.8) is 0 Å². The summed E-state index contributed by atoms with van der Waals surface area (Å²) in [5.74, 6) is 0. The molecule has 0 aromatic rings. The number of allylic oxidation sites excluding steroid dienone is 4. The first-order valence-corrected chi connectivity index (χ1v) is 25.6. The minimum absolute atomic E-state index is 0.960. The van der Waals surface area contributed by atoms with Gasteiger partial charge in [0.15, 0.2) is 0 Å². The maximum absolute atomic E-state index is 15.6. The van der Waals surface area contributed by atoms with E-state index in [0.29, 0.717) is 0 Å². The summed E-state index contributed by atoms with van der Waals surface area (Å²) in [4.78, 5) is 0. The van der Waals surface area contributed by atoms with E-state index >= 15 is 3.50 Å². The molecule has 0 unspecified atom stereocenters. The van der Waals surface area contributed by atoms with Gasteiger partial charge in [-0.3, -0.25) is 0 Å². The Kier molecular flexibility index (Phi) is 8.91. The zero-order chi connectivity index (χ0) is 17.5. The molecular weight excluding hydrogens is 429 g/mol. The van der Waals surface area contributed by atoms with Crippen LogP contribution in [0.2, 0.25) is 0 Å². The van der Waals surface area contributed by atoms with Crippen LogP contribution in [0.5, 0.6) is 0 Å². The van der Waals surface area contributed by atoms with Gasteiger partial charge >= 0.3 is 150 Å². The summed E-state index contributed by atoms with van der Waals surface area (Å²) in [7, 11) is 0. The van der Waals surface area contributed by atoms with E-state index in [9.17, 15) is 0 Å². The van der Waals surface area contributed by atoms with Gasteiger partial charge in [0.05, 0.1) is 0 Å². The molecule has 0 fully saturated rings. The molecule has 6 heteroatoms. The number of hydrogen-bond donors (Lipinski definition) is 0. The van der Waals surface area contributed by atoms with E-state index in [0.717, 1.165) is 45.7 Å². The Labute approximate surface area is 149 Å². The van der Waals surface area contributed by atoms with Gasteiger partial charge in [-0.25, -0.2) is 0 Å². The molecule has 1 aliphatic rings. The third kappa shape index (κ3) is 3.14. The number of rotatable bonds is 11. The first-order chi connectivity index (χ1) is 11.1. The average Bonchev–Trinajstić information content (AvgIpc) is 3.12. The van der Waals surface area contributed by atoms with Crippen LogP contribution in [0.3, 0.4) is 0 Å². The second-order valence-corrected chi connectivity index (χ2v) is 39.0. The molecule has 0 saturated heterocycles. The fourth-order valence-corrected chi connectivity index (χ4v) is 53.2. The van der Waals surface area contributed by atoms with Crippen molar-refractivity contribution >= 4 is 12.1 Å². The van der Waals surface area contributed by atoms with Crippen LogP contribution in [0, 0.1) is 0 Å². The van der Waals surface area contributed by atoms with Crippen LogP contribution in [-0.4, -0.2) is 59.9 Å². The van der Waals surface area contributed by atoms with Gasteiger partial charge in [0, 0.05) is 0 Å². The van der Waals surface area contributed by atoms with E-state index in [1.165, 1.54) is 3.28 Å². The molecule has 0 saturated carbocycles. The molecule has 0 N–H and O–H groups in total. The Morgan fingerprint density at radius 3 is 1.48 bits per heavy atom. The zero-order valence-corrected chi connectivity index (χ0v) is 21.5. The summed E-state index contributed by atoms with van der Waals surface area (Å²) in [6.07, 6.45) is 7.64. The van der Waals surface area contributed by atoms with E-state index in [1.807, 2.05) is 0 Å². The van der Waals surface area contributed by atoms with Gasteiger partial charge in [0.1, 0.15) is 0 Å². The molecule has 0 atom stereocenters. The molecule has 1 aliphatic carbocycles. The molecule has 0 aromatic heterocycles. The van der Waals surface area contributed by atoms with Crippen molar-refractivity contribution in [2.75, 3.05) is 39.3 Å². The van der Waals surface area contributed by atoms with Crippen LogP contribution in [-0.2, 0) is 17.1 Å². The van der Waals surface area contributed by atoms with Crippen molar-refractivity contribution < 1.29 is 20.6 Å². The van der Waals surface area contributed by atoms with Crippen molar-refractivity contribution in [3.8, 4) is 0 Å². The van der Waals surface area contributed by atoms with E-state index in [4.69, 9.17) is 0 Å². The van der Waals surface area contributed by atoms with Crippen LogP contribution >= 0.6 is 0 Å². The molecule has 1 rings (SSSR count). The summed E-state index contributed by atoms with van der Waals surface area (Å²) in [6.45, 7) is 19.1. The van der Waals surface area contributed by atoms with E-state index in [-0.39, 0.29) is 0 Å². The third-order valence-electron chi connectivity index (χ3n) is 5.96. The van der Waals surface area contributed by atoms with Crippen molar-refractivity contribution in [1.29, 1.82) is 0 Å². The predicted molar refractivity (Wildman–Crippen MR) is 100 cm³/mol. The molecule has 0 radical (unpaired) electrons. The molecule has 0 spiro atoms. The van der Waals surface area contributed by atoms with Gasteiger partial charge < -0.3 is 0 Å². The molecule has 0 amide bonds. The van der Waals surface area contributed by atoms with Crippen LogP contribution < -0.4 is 0 Å². The Bertz CT molecular complexity index is 396. The van der Waals surface area contributed by atoms with Gasteiger partial charge in [-0.2, -0.15) is 0 Å². The third-order valence-corrected chi connectivity index (χ3v) is 54.2. The standard InChI is InChI=1S/C5H5.3C4H10N.FGeH2.Zr/c1-2-4-5-3-1;3*1-3-5-4-2;1-2;/h1-3H,4H2;3*3-4H2,1-2H3;2H2;/q;3*-1;;+3. The Hall–Kier alpha value is 0.716. The SMILES string of the molecule is CC[N](CC)[Zr]([GeH2][F])([C]1=CC=CC1)([N](CC)CC)[N](CC)CC. The van der Waals surface area contributed by atoms with Gasteiger partial charge in [-0.1, -0.05) is 0 Å². The molecule has 0 bridgehead atoms. The van der Waals surface area contributed by atoms with Gasteiger partial charge in [0.2, 0.25) is 0 Å². The fraction of sp³-hybridized carbons (Fsp3) is 0.765. The van der Waals surface area contributed by atoms with Crippen molar-refractivity contribution in [3.05, 3.63) is 21.5 Å². The Balaban J connectivity index is 3.82. The van der Waals surface area contributed by atoms with Crippen molar-refractivity contribution in [2.24, 2.45) is 0 Å². The summed E-state index contributed by atoms with van der Waals surface area (Å²) in [5.41, 5.74) is 0. The summed E-state index contributed by atoms with van der Waals surface area (Å²) in [6, 6.07) is 0. The molecule has 3 nitrogen and oxygen atoms in total. The Morgan fingerprint density at radius 2 is 1.26 bits per heavy atom. The summed E-state index contributed by atoms with van der Waals surface area (Å²) in [5, 5.41) is 0. The predicted octanol–water partition coefficient (Wildman–Crippen LogP) is 3.26. The van der Waals surface area contributed by atoms with Crippen LogP contribution in [0.25, 0.3) is 0 Å².